The first-order valence-electron chi connectivity index (χ1n) is 11.7. The molecule has 0 amide bonds. The lowest BCUT2D eigenvalue weighted by atomic mass is 9.84. The Kier molecular flexibility index (Phi) is 6.93. The third-order valence-corrected chi connectivity index (χ3v) is 6.17. The first kappa shape index (κ1) is 23.4. The molecule has 0 saturated carbocycles. The average Bonchev–Trinajstić information content (AvgIpc) is 3.22. The number of allylic oxidation sites excluding steroid dienone is 2. The number of nitrogens with zero attached hydrogens (tertiary/aromatic N) is 3. The number of rotatable bonds is 8. The molecule has 176 valence electrons. The normalized spacial score (nSPS) is 15.2. The van der Waals surface area contributed by atoms with Gasteiger partial charge in [0.2, 0.25) is 5.88 Å². The number of oxazole rings is 1. The number of anilines is 2. The van der Waals surface area contributed by atoms with E-state index >= 15 is 0 Å². The standard InChI is InChI=1S/C28H31N3O3/c1-6-7-8-15-33-24-14-11-21(16-25(24)32-5)26-23(17-29)19(3)31(22-12-9-18(2)10-13-22)28-27(26)30-20(4)34-28/h9-14,16,26H,6-8,15H2,1-5H3/t26-/m1/s1. The molecule has 0 saturated heterocycles. The maximum absolute atomic E-state index is 10.2. The van der Waals surface area contributed by atoms with Crippen LogP contribution in [0.3, 0.4) is 0 Å². The zero-order valence-electron chi connectivity index (χ0n) is 20.5. The molecule has 2 aromatic carbocycles. The molecule has 1 atom stereocenters. The molecule has 1 aliphatic rings. The van der Waals surface area contributed by atoms with Gasteiger partial charge in [-0.05, 0) is 50.1 Å². The van der Waals surface area contributed by atoms with E-state index < -0.39 is 0 Å². The van der Waals surface area contributed by atoms with Gasteiger partial charge in [0.15, 0.2) is 17.4 Å². The smallest absolute Gasteiger partial charge is 0.229 e. The Morgan fingerprint density at radius 1 is 1.06 bits per heavy atom. The van der Waals surface area contributed by atoms with Crippen molar-refractivity contribution in [3.63, 3.8) is 0 Å². The second-order valence-corrected chi connectivity index (χ2v) is 8.60. The van der Waals surface area contributed by atoms with Crippen LogP contribution in [0.4, 0.5) is 11.6 Å². The fourth-order valence-electron chi connectivity index (χ4n) is 4.39. The summed E-state index contributed by atoms with van der Waals surface area (Å²) in [6.07, 6.45) is 3.27. The molecule has 0 bridgehead atoms. The second-order valence-electron chi connectivity index (χ2n) is 8.60. The number of fused-ring (bicyclic) bond motifs is 1. The lowest BCUT2D eigenvalue weighted by Crippen LogP contribution is -2.25. The minimum atomic E-state index is -0.359. The lowest BCUT2D eigenvalue weighted by Gasteiger charge is -2.32. The predicted molar refractivity (Wildman–Crippen MR) is 133 cm³/mol. The van der Waals surface area contributed by atoms with E-state index in [-0.39, 0.29) is 5.92 Å². The van der Waals surface area contributed by atoms with E-state index in [1.54, 1.807) is 7.11 Å². The van der Waals surface area contributed by atoms with E-state index in [1.165, 1.54) is 5.56 Å². The van der Waals surface area contributed by atoms with Gasteiger partial charge in [-0.25, -0.2) is 4.98 Å². The van der Waals surface area contributed by atoms with Gasteiger partial charge in [-0.2, -0.15) is 5.26 Å². The van der Waals surface area contributed by atoms with Crippen LogP contribution in [0, 0.1) is 25.2 Å². The Bertz CT molecular complexity index is 1230. The van der Waals surface area contributed by atoms with Gasteiger partial charge in [-0.3, -0.25) is 4.90 Å². The van der Waals surface area contributed by atoms with Crippen molar-refractivity contribution in [3.8, 4) is 17.6 Å². The molecule has 6 nitrogen and oxygen atoms in total. The van der Waals surface area contributed by atoms with Crippen LogP contribution < -0.4 is 14.4 Å². The SMILES string of the molecule is CCCCCOc1ccc([C@@H]2C(C#N)=C(C)N(c3ccc(C)cc3)c3oc(C)nc32)cc1OC. The molecule has 1 aliphatic heterocycles. The maximum atomic E-state index is 10.2. The molecule has 0 N–H and O–H groups in total. The Hall–Kier alpha value is -3.72. The highest BCUT2D eigenvalue weighted by molar-refractivity contribution is 5.73. The van der Waals surface area contributed by atoms with Gasteiger partial charge in [0.1, 0.15) is 5.69 Å². The number of ether oxygens (including phenoxy) is 2. The Labute approximate surface area is 201 Å². The Morgan fingerprint density at radius 2 is 1.82 bits per heavy atom. The van der Waals surface area contributed by atoms with Gasteiger partial charge < -0.3 is 13.9 Å². The number of aromatic nitrogens is 1. The van der Waals surface area contributed by atoms with Crippen molar-refractivity contribution in [2.24, 2.45) is 0 Å². The summed E-state index contributed by atoms with van der Waals surface area (Å²) in [6.45, 7) is 8.65. The predicted octanol–water partition coefficient (Wildman–Crippen LogP) is 6.95. The Morgan fingerprint density at radius 3 is 2.50 bits per heavy atom. The van der Waals surface area contributed by atoms with E-state index in [9.17, 15) is 5.26 Å². The van der Waals surface area contributed by atoms with Crippen LogP contribution in [0.15, 0.2) is 58.2 Å². The molecule has 0 aliphatic carbocycles. The van der Waals surface area contributed by atoms with E-state index in [0.29, 0.717) is 35.5 Å². The summed E-state index contributed by atoms with van der Waals surface area (Å²) in [5, 5.41) is 10.2. The summed E-state index contributed by atoms with van der Waals surface area (Å²) >= 11 is 0. The highest BCUT2D eigenvalue weighted by Gasteiger charge is 2.38. The van der Waals surface area contributed by atoms with Crippen LogP contribution in [0.25, 0.3) is 0 Å². The van der Waals surface area contributed by atoms with Crippen molar-refractivity contribution >= 4 is 11.6 Å². The molecular weight excluding hydrogens is 426 g/mol. The van der Waals surface area contributed by atoms with Gasteiger partial charge in [0.25, 0.3) is 0 Å². The van der Waals surface area contributed by atoms with Crippen LogP contribution in [-0.4, -0.2) is 18.7 Å². The van der Waals surface area contributed by atoms with Crippen LogP contribution in [0.1, 0.15) is 61.7 Å². The van der Waals surface area contributed by atoms with E-state index in [1.807, 2.05) is 68.1 Å². The van der Waals surface area contributed by atoms with E-state index in [2.05, 4.69) is 13.0 Å². The summed E-state index contributed by atoms with van der Waals surface area (Å²) < 4.78 is 17.7. The molecule has 34 heavy (non-hydrogen) atoms. The molecule has 1 aromatic heterocycles. The molecule has 3 aromatic rings. The summed E-state index contributed by atoms with van der Waals surface area (Å²) in [5.41, 5.74) is 5.17. The van der Waals surface area contributed by atoms with Crippen molar-refractivity contribution in [2.45, 2.75) is 52.9 Å². The highest BCUT2D eigenvalue weighted by atomic mass is 16.5. The maximum Gasteiger partial charge on any atom is 0.229 e. The van der Waals surface area contributed by atoms with Crippen molar-refractivity contribution < 1.29 is 13.9 Å². The lowest BCUT2D eigenvalue weighted by molar-refractivity contribution is 0.286. The number of benzene rings is 2. The fourth-order valence-corrected chi connectivity index (χ4v) is 4.39. The zero-order valence-corrected chi connectivity index (χ0v) is 20.5. The average molecular weight is 458 g/mol. The Balaban J connectivity index is 1.78. The molecular formula is C28H31N3O3. The van der Waals surface area contributed by atoms with Crippen molar-refractivity contribution in [1.29, 1.82) is 5.26 Å². The molecule has 0 unspecified atom stereocenters. The molecule has 0 fully saturated rings. The molecule has 6 heteroatoms. The van der Waals surface area contributed by atoms with Gasteiger partial charge in [0, 0.05) is 18.3 Å². The minimum Gasteiger partial charge on any atom is -0.493 e. The highest BCUT2D eigenvalue weighted by Crippen LogP contribution is 2.48. The van der Waals surface area contributed by atoms with Crippen LogP contribution in [0.5, 0.6) is 11.5 Å². The molecule has 0 spiro atoms. The quantitative estimate of drug-likeness (QED) is 0.341. The number of methoxy groups -OCH3 is 1. The van der Waals surface area contributed by atoms with Gasteiger partial charge in [-0.1, -0.05) is 43.5 Å². The summed E-state index contributed by atoms with van der Waals surface area (Å²) in [6, 6.07) is 16.5. The van der Waals surface area contributed by atoms with Crippen molar-refractivity contribution in [1.82, 2.24) is 4.98 Å². The van der Waals surface area contributed by atoms with Crippen LogP contribution in [-0.2, 0) is 0 Å². The van der Waals surface area contributed by atoms with Crippen LogP contribution >= 0.6 is 0 Å². The number of nitriles is 1. The largest absolute Gasteiger partial charge is 0.493 e. The second kappa shape index (κ2) is 10.0. The number of aryl methyl sites for hydroxylation is 2. The van der Waals surface area contributed by atoms with Crippen molar-refractivity contribution in [3.05, 3.63) is 76.4 Å². The van der Waals surface area contributed by atoms with Crippen molar-refractivity contribution in [2.75, 3.05) is 18.6 Å². The van der Waals surface area contributed by atoms with Gasteiger partial charge >= 0.3 is 0 Å². The fraction of sp³-hybridized carbons (Fsp3) is 0.357. The van der Waals surface area contributed by atoms with Gasteiger partial charge in [0.05, 0.1) is 31.3 Å². The number of hydrogen-bond donors (Lipinski definition) is 0. The van der Waals surface area contributed by atoms with E-state index in [4.69, 9.17) is 18.9 Å². The first-order chi connectivity index (χ1) is 16.5. The number of hydrogen-bond acceptors (Lipinski definition) is 6. The van der Waals surface area contributed by atoms with Crippen LogP contribution in [0.2, 0.25) is 0 Å². The molecule has 0 radical (unpaired) electrons. The summed E-state index contributed by atoms with van der Waals surface area (Å²) in [7, 11) is 1.63. The third-order valence-electron chi connectivity index (χ3n) is 6.17. The topological polar surface area (TPSA) is 71.5 Å². The summed E-state index contributed by atoms with van der Waals surface area (Å²) in [5.74, 6) is 2.19. The third kappa shape index (κ3) is 4.38. The minimum absolute atomic E-state index is 0.359. The number of unbranched alkanes of at least 4 members (excludes halogenated alkanes) is 2. The van der Waals surface area contributed by atoms with Gasteiger partial charge in [-0.15, -0.1) is 0 Å². The van der Waals surface area contributed by atoms with E-state index in [0.717, 1.165) is 41.9 Å². The monoisotopic (exact) mass is 457 g/mol. The molecule has 4 rings (SSSR count). The molecule has 2 heterocycles. The first-order valence-corrected chi connectivity index (χ1v) is 11.7. The zero-order chi connectivity index (χ0) is 24.2. The summed E-state index contributed by atoms with van der Waals surface area (Å²) in [4.78, 5) is 6.70.